The Bertz CT molecular complexity index is 520. The molecule has 0 aliphatic heterocycles. The van der Waals surface area contributed by atoms with Gasteiger partial charge in [-0.15, -0.1) is 10.2 Å². The summed E-state index contributed by atoms with van der Waals surface area (Å²) in [5.74, 6) is 2.48. The number of nitrogens with one attached hydrogen (secondary N) is 2. The fourth-order valence-corrected chi connectivity index (χ4v) is 5.80. The first kappa shape index (κ1) is 13.5. The van der Waals surface area contributed by atoms with Crippen LogP contribution >= 0.6 is 11.3 Å². The lowest BCUT2D eigenvalue weighted by Gasteiger charge is -2.56. The first-order valence-corrected chi connectivity index (χ1v) is 8.87. The molecule has 4 bridgehead atoms. The lowest BCUT2D eigenvalue weighted by Crippen LogP contribution is -2.59. The van der Waals surface area contributed by atoms with E-state index < -0.39 is 0 Å². The second-order valence-electron chi connectivity index (χ2n) is 7.09. The minimum atomic E-state index is -0.0291. The molecule has 21 heavy (non-hydrogen) atoms. The highest BCUT2D eigenvalue weighted by atomic mass is 32.1. The molecule has 0 aromatic carbocycles. The van der Waals surface area contributed by atoms with Crippen LogP contribution in [0.15, 0.2) is 0 Å². The Hall–Kier alpha value is -1.17. The molecular formula is C15H22N4OS. The van der Waals surface area contributed by atoms with E-state index in [1.165, 1.54) is 49.9 Å². The van der Waals surface area contributed by atoms with E-state index in [0.717, 1.165) is 29.4 Å². The number of hydrogen-bond acceptors (Lipinski definition) is 5. The van der Waals surface area contributed by atoms with Gasteiger partial charge in [0.2, 0.25) is 10.1 Å². The van der Waals surface area contributed by atoms with Crippen molar-refractivity contribution in [2.24, 2.45) is 17.8 Å². The highest BCUT2D eigenvalue weighted by Gasteiger charge is 2.51. The van der Waals surface area contributed by atoms with E-state index in [0.29, 0.717) is 5.01 Å². The van der Waals surface area contributed by atoms with Crippen molar-refractivity contribution in [1.82, 2.24) is 15.5 Å². The van der Waals surface area contributed by atoms with Crippen LogP contribution in [0.5, 0.6) is 0 Å². The van der Waals surface area contributed by atoms with E-state index in [1.54, 1.807) is 0 Å². The van der Waals surface area contributed by atoms with Crippen LogP contribution in [0.1, 0.15) is 55.3 Å². The van der Waals surface area contributed by atoms with E-state index in [2.05, 4.69) is 20.8 Å². The smallest absolute Gasteiger partial charge is 0.282 e. The van der Waals surface area contributed by atoms with Crippen LogP contribution in [0.4, 0.5) is 5.13 Å². The summed E-state index contributed by atoms with van der Waals surface area (Å²) >= 11 is 1.35. The highest BCUT2D eigenvalue weighted by Crippen LogP contribution is 2.55. The van der Waals surface area contributed by atoms with Gasteiger partial charge in [-0.25, -0.2) is 0 Å². The fourth-order valence-electron chi connectivity index (χ4n) is 5.10. The molecule has 4 aliphatic rings. The number of carbonyl (C=O) groups is 1. The zero-order chi connectivity index (χ0) is 14.4. The molecular weight excluding hydrogens is 284 g/mol. The van der Waals surface area contributed by atoms with Crippen LogP contribution in [0.25, 0.3) is 0 Å². The molecule has 0 atom stereocenters. The van der Waals surface area contributed by atoms with Gasteiger partial charge < -0.3 is 10.6 Å². The largest absolute Gasteiger partial charge is 0.360 e. The summed E-state index contributed by atoms with van der Waals surface area (Å²) in [6.45, 7) is 2.81. The van der Waals surface area contributed by atoms with Crippen molar-refractivity contribution in [2.75, 3.05) is 11.9 Å². The van der Waals surface area contributed by atoms with E-state index >= 15 is 0 Å². The van der Waals surface area contributed by atoms with Crippen molar-refractivity contribution in [1.29, 1.82) is 0 Å². The molecule has 5 rings (SSSR count). The van der Waals surface area contributed by atoms with Gasteiger partial charge in [0.05, 0.1) is 0 Å². The van der Waals surface area contributed by atoms with Crippen molar-refractivity contribution in [3.63, 3.8) is 0 Å². The minimum Gasteiger partial charge on any atom is -0.360 e. The molecule has 0 spiro atoms. The van der Waals surface area contributed by atoms with Gasteiger partial charge in [-0.3, -0.25) is 4.79 Å². The van der Waals surface area contributed by atoms with Gasteiger partial charge in [0, 0.05) is 12.1 Å². The Morgan fingerprint density at radius 2 is 1.81 bits per heavy atom. The van der Waals surface area contributed by atoms with Crippen LogP contribution in [-0.4, -0.2) is 28.2 Å². The number of rotatable bonds is 4. The molecule has 4 aliphatic carbocycles. The summed E-state index contributed by atoms with van der Waals surface area (Å²) in [7, 11) is 0. The van der Waals surface area contributed by atoms with Crippen LogP contribution in [-0.2, 0) is 0 Å². The molecule has 0 radical (unpaired) electrons. The maximum Gasteiger partial charge on any atom is 0.282 e. The van der Waals surface area contributed by atoms with Crippen molar-refractivity contribution < 1.29 is 4.79 Å². The predicted octanol–water partition coefficient (Wildman–Crippen LogP) is 2.67. The standard InChI is InChI=1S/C15H22N4OS/c1-2-16-14-19-18-13(21-14)12(20)17-15-6-9-3-10(7-15)5-11(4-9)8-15/h9-11H,2-8H2,1H3,(H,16,19)(H,17,20). The molecule has 4 saturated carbocycles. The van der Waals surface area contributed by atoms with E-state index in [1.807, 2.05) is 6.92 Å². The zero-order valence-electron chi connectivity index (χ0n) is 12.4. The number of nitrogens with zero attached hydrogens (tertiary/aromatic N) is 2. The van der Waals surface area contributed by atoms with Crippen molar-refractivity contribution >= 4 is 22.4 Å². The molecule has 6 heteroatoms. The average Bonchev–Trinajstić information content (AvgIpc) is 2.85. The Balaban J connectivity index is 1.48. The molecule has 0 saturated heterocycles. The summed E-state index contributed by atoms with van der Waals surface area (Å²) in [6.07, 6.45) is 7.67. The first-order chi connectivity index (χ1) is 10.2. The SMILES string of the molecule is CCNc1nnc(C(=O)NC23CC4CC(CC(C4)C2)C3)s1. The van der Waals surface area contributed by atoms with Crippen molar-refractivity contribution in [3.05, 3.63) is 5.01 Å². The molecule has 4 fully saturated rings. The van der Waals surface area contributed by atoms with Crippen LogP contribution in [0.2, 0.25) is 0 Å². The van der Waals surface area contributed by atoms with Crippen molar-refractivity contribution in [3.8, 4) is 0 Å². The van der Waals surface area contributed by atoms with Crippen LogP contribution in [0, 0.1) is 17.8 Å². The lowest BCUT2D eigenvalue weighted by molar-refractivity contribution is -0.0167. The quantitative estimate of drug-likeness (QED) is 0.897. The lowest BCUT2D eigenvalue weighted by atomic mass is 9.53. The number of hydrogen-bond donors (Lipinski definition) is 2. The van der Waals surface area contributed by atoms with Gasteiger partial charge in [-0.1, -0.05) is 11.3 Å². The third-order valence-corrected chi connectivity index (χ3v) is 6.24. The van der Waals surface area contributed by atoms with Crippen LogP contribution < -0.4 is 10.6 Å². The number of anilines is 1. The molecule has 0 unspecified atom stereocenters. The Kier molecular flexibility index (Phi) is 3.17. The van der Waals surface area contributed by atoms with Gasteiger partial charge in [-0.05, 0) is 63.2 Å². The summed E-state index contributed by atoms with van der Waals surface area (Å²) in [6, 6.07) is 0. The van der Waals surface area contributed by atoms with Gasteiger partial charge in [0.25, 0.3) is 5.91 Å². The second kappa shape index (κ2) is 4.93. The maximum atomic E-state index is 12.5. The highest BCUT2D eigenvalue weighted by molar-refractivity contribution is 7.17. The first-order valence-electron chi connectivity index (χ1n) is 8.06. The Labute approximate surface area is 128 Å². The molecule has 1 heterocycles. The predicted molar refractivity (Wildman–Crippen MR) is 82.4 cm³/mol. The third kappa shape index (κ3) is 2.43. The molecule has 1 aromatic heterocycles. The molecule has 1 aromatic rings. The van der Waals surface area contributed by atoms with Gasteiger partial charge in [0.15, 0.2) is 0 Å². The Morgan fingerprint density at radius 1 is 1.19 bits per heavy atom. The summed E-state index contributed by atoms with van der Waals surface area (Å²) in [5, 5.41) is 15.7. The summed E-state index contributed by atoms with van der Waals surface area (Å²) < 4.78 is 0. The Morgan fingerprint density at radius 3 is 2.38 bits per heavy atom. The number of aromatic nitrogens is 2. The van der Waals surface area contributed by atoms with E-state index in [-0.39, 0.29) is 11.4 Å². The second-order valence-corrected chi connectivity index (χ2v) is 8.07. The summed E-state index contributed by atoms with van der Waals surface area (Å²) in [4.78, 5) is 12.5. The van der Waals surface area contributed by atoms with Gasteiger partial charge in [0.1, 0.15) is 0 Å². The fraction of sp³-hybridized carbons (Fsp3) is 0.800. The summed E-state index contributed by atoms with van der Waals surface area (Å²) in [5.41, 5.74) is 0.0514. The average molecular weight is 306 g/mol. The molecule has 114 valence electrons. The molecule has 1 amide bonds. The third-order valence-electron chi connectivity index (χ3n) is 5.36. The molecule has 5 nitrogen and oxygen atoms in total. The topological polar surface area (TPSA) is 66.9 Å². The van der Waals surface area contributed by atoms with Gasteiger partial charge in [-0.2, -0.15) is 0 Å². The minimum absolute atomic E-state index is 0.0291. The monoisotopic (exact) mass is 306 g/mol. The number of amides is 1. The molecule has 2 N–H and O–H groups in total. The van der Waals surface area contributed by atoms with E-state index in [9.17, 15) is 4.79 Å². The van der Waals surface area contributed by atoms with E-state index in [4.69, 9.17) is 0 Å². The normalized spacial score (nSPS) is 36.7. The zero-order valence-corrected chi connectivity index (χ0v) is 13.2. The maximum absolute atomic E-state index is 12.5. The van der Waals surface area contributed by atoms with Crippen LogP contribution in [0.3, 0.4) is 0 Å². The number of carbonyl (C=O) groups excluding carboxylic acids is 1. The van der Waals surface area contributed by atoms with Crippen molar-refractivity contribution in [2.45, 2.75) is 51.0 Å². The van der Waals surface area contributed by atoms with Gasteiger partial charge >= 0.3 is 0 Å².